The van der Waals surface area contributed by atoms with Gasteiger partial charge in [0.25, 0.3) is 0 Å². The van der Waals surface area contributed by atoms with Gasteiger partial charge in [0, 0.05) is 109 Å². The van der Waals surface area contributed by atoms with E-state index in [1.807, 2.05) is 18.2 Å². The Labute approximate surface area is 465 Å². The van der Waals surface area contributed by atoms with Crippen LogP contribution in [0.5, 0.6) is 11.5 Å². The second-order valence-electron chi connectivity index (χ2n) is 21.3. The van der Waals surface area contributed by atoms with Crippen LogP contribution < -0.4 is 41.3 Å². The molecule has 8 bridgehead atoms. The van der Waals surface area contributed by atoms with Crippen LogP contribution in [0.25, 0.3) is 0 Å². The Hall–Kier alpha value is -0.704. The molecule has 16 rings (SSSR count). The van der Waals surface area contributed by atoms with Gasteiger partial charge in [-0.3, -0.25) is 13.7 Å². The van der Waals surface area contributed by atoms with Crippen LogP contribution in [0.15, 0.2) is 78.9 Å². The van der Waals surface area contributed by atoms with E-state index in [0.717, 1.165) is 85.6 Å². The third kappa shape index (κ3) is 6.72. The van der Waals surface area contributed by atoms with Gasteiger partial charge in [0.05, 0.1) is 22.8 Å². The van der Waals surface area contributed by atoms with Gasteiger partial charge in [-0.25, -0.2) is 24.3 Å². The molecule has 0 aromatic heterocycles. The van der Waals surface area contributed by atoms with Crippen molar-refractivity contribution in [2.24, 2.45) is 22.7 Å². The summed E-state index contributed by atoms with van der Waals surface area (Å²) in [5.41, 5.74) is 8.80. The first-order valence-electron chi connectivity index (χ1n) is 23.8. The molecule has 67 heavy (non-hydrogen) atoms. The van der Waals surface area contributed by atoms with E-state index >= 15 is 0 Å². The van der Waals surface area contributed by atoms with E-state index in [9.17, 15) is 13.7 Å². The summed E-state index contributed by atoms with van der Waals surface area (Å²) < 4.78 is 47.5. The second kappa shape index (κ2) is 18.0. The van der Waals surface area contributed by atoms with E-state index in [0.29, 0.717) is 30.0 Å². The zero-order chi connectivity index (χ0) is 43.4. The number of ether oxygens (including phenoxy) is 2. The number of fused-ring (bicyclic) bond motifs is 2. The molecule has 3 N–H and O–H groups in total. The average molecular weight is 1270 g/mol. The Bertz CT molecular complexity index is 2670. The summed E-state index contributed by atoms with van der Waals surface area (Å²) in [5.74, 6) is 5.90. The standard InChI is InChI=1S/C19H19NO2P.C17H17NO2P.C17H19NOP.W.2Y/c1-17-4-6-18(7-5-17)13-10-11-2-3-12(23-21)15-14(11)19(18,8-9-20-13)16(17)22-15;1-9-2-4-11-12-8-10-3-5-13(21-19)15-14(10)17(11,6-7-18-12)16(9)20-15;1-11-2-5-14-16-8-12-3-4-13(20-19)9-15(12)17(14,10-11)6-7-18-16;;;/h2-6,13,16,20H,7-10H2,1H3;2-5,9,12,16,18H,6-8H2,1H3;2-5,9,11,16,18H,6-8,10H2,1H3;;;/q3*-1;;;/t13-,16+,17+,18-,19+;9?,12-,16+,17+;11?,16-,17+;;;/m111.../s1. The minimum absolute atomic E-state index is 0. The predicted molar refractivity (Wildman–Crippen MR) is 252 cm³/mol. The minimum atomic E-state index is -0.0195. The summed E-state index contributed by atoms with van der Waals surface area (Å²) >= 11 is 0. The smallest absolute Gasteiger partial charge is 0.196 e. The molecule has 3 aromatic carbocycles. The number of hydrogen-bond acceptors (Lipinski definition) is 8. The molecule has 2 unspecified atom stereocenters. The molecule has 342 valence electrons. The number of rotatable bonds is 3. The quantitative estimate of drug-likeness (QED) is 0.138. The van der Waals surface area contributed by atoms with Gasteiger partial charge < -0.3 is 31.8 Å². The van der Waals surface area contributed by atoms with Gasteiger partial charge in [-0.2, -0.15) is 18.3 Å². The molecule has 5 aliphatic heterocycles. The number of benzene rings is 3. The molecule has 0 amide bonds. The van der Waals surface area contributed by atoms with Crippen molar-refractivity contribution in [2.45, 2.75) is 119 Å². The van der Waals surface area contributed by atoms with Crippen molar-refractivity contribution >= 4 is 41.3 Å². The first-order valence-corrected chi connectivity index (χ1v) is 26.2. The fourth-order valence-corrected chi connectivity index (χ4v) is 17.0. The van der Waals surface area contributed by atoms with Crippen LogP contribution in [0, 0.1) is 40.9 Å². The molecular formula is C53H55N3O5P3WY2-3. The van der Waals surface area contributed by atoms with E-state index < -0.39 is 0 Å². The zero-order valence-corrected chi connectivity index (χ0v) is 49.6. The fraction of sp³-hybridized carbons (Fsp3) is 0.491. The topological polar surface area (TPSA) is 106 Å². The van der Waals surface area contributed by atoms with Gasteiger partial charge in [0.1, 0.15) is 11.5 Å². The number of allylic oxidation sites excluding steroid dienone is 1. The molecule has 1 saturated carbocycles. The summed E-state index contributed by atoms with van der Waals surface area (Å²) in [6.07, 6.45) is 25.8. The van der Waals surface area contributed by atoms with Crippen LogP contribution in [0.4, 0.5) is 0 Å². The number of piperidine rings is 3. The third-order valence-electron chi connectivity index (χ3n) is 18.5. The molecule has 8 aliphatic carbocycles. The molecule has 8 nitrogen and oxygen atoms in total. The maximum absolute atomic E-state index is 11.7. The number of hydrogen-bond donors (Lipinski definition) is 3. The number of nitrogens with one attached hydrogen (secondary N) is 3. The SMILES string of the molecule is CC1C=C[C-]2[C@H]3Cc4ccc(P=O)c5c4[C@@]2(CCN3)[C@H]1O5.CC1C=C[C-]2[C@H]3Cc4ccc(P=O)cc4[C@@]2(CCN3)C1.C[C@]12C=C[C@@]3(C[CH-]1)[C@H]1Cc4ccc(P=O)c5c4[C@@]3(CCN1)[C@H]2O5.[W].[Y].[Y]. The Morgan fingerprint density at radius 3 is 2.13 bits per heavy atom. The Morgan fingerprint density at radius 1 is 0.731 bits per heavy atom. The van der Waals surface area contributed by atoms with Crippen LogP contribution in [0.3, 0.4) is 0 Å². The Balaban J connectivity index is 0.000000115. The monoisotopic (exact) mass is 1270 g/mol. The van der Waals surface area contributed by atoms with Crippen LogP contribution in [0.1, 0.15) is 86.3 Å². The van der Waals surface area contributed by atoms with E-state index in [-0.39, 0.29) is 151 Å². The van der Waals surface area contributed by atoms with Crippen molar-refractivity contribution in [3.05, 3.63) is 131 Å². The van der Waals surface area contributed by atoms with Crippen LogP contribution in [-0.4, -0.2) is 50.0 Å². The van der Waals surface area contributed by atoms with Crippen molar-refractivity contribution in [1.29, 1.82) is 0 Å². The molecule has 4 fully saturated rings. The minimum Gasteiger partial charge on any atom is -0.490 e. The predicted octanol–water partition coefficient (Wildman–Crippen LogP) is 7.91. The largest absolute Gasteiger partial charge is 0.490 e. The van der Waals surface area contributed by atoms with Crippen molar-refractivity contribution in [2.75, 3.05) is 19.6 Å². The third-order valence-corrected chi connectivity index (χ3v) is 20.1. The Kier molecular flexibility index (Phi) is 13.4. The van der Waals surface area contributed by atoms with Crippen molar-refractivity contribution in [3.63, 3.8) is 0 Å². The van der Waals surface area contributed by atoms with Gasteiger partial charge in [-0.1, -0.05) is 68.9 Å². The molecule has 5 heterocycles. The van der Waals surface area contributed by atoms with E-state index in [1.165, 1.54) is 52.1 Å². The molecule has 3 aromatic rings. The van der Waals surface area contributed by atoms with Crippen molar-refractivity contribution < 1.29 is 110 Å². The normalized spacial score (nSPS) is 38.7. The molecular weight excluding hydrogens is 1210 g/mol. The van der Waals surface area contributed by atoms with Crippen LogP contribution >= 0.6 is 25.4 Å². The van der Waals surface area contributed by atoms with Gasteiger partial charge >= 0.3 is 0 Å². The van der Waals surface area contributed by atoms with E-state index in [1.54, 1.807) is 5.92 Å². The van der Waals surface area contributed by atoms with Crippen LogP contribution in [-0.2, 0) is 136 Å². The van der Waals surface area contributed by atoms with E-state index in [2.05, 4.69) is 104 Å². The van der Waals surface area contributed by atoms with Gasteiger partial charge in [-0.15, -0.1) is 11.5 Å². The van der Waals surface area contributed by atoms with Gasteiger partial charge in [0.15, 0.2) is 25.4 Å². The second-order valence-corrected chi connectivity index (χ2v) is 23.3. The summed E-state index contributed by atoms with van der Waals surface area (Å²) in [5, 5.41) is 13.7. The summed E-state index contributed by atoms with van der Waals surface area (Å²) in [4.78, 5) is 0. The first kappa shape index (κ1) is 49.9. The molecule has 13 aliphatic rings. The first-order chi connectivity index (χ1) is 31.1. The molecule has 12 atom stereocenters. The molecule has 2 radical (unpaired) electrons. The fourth-order valence-electron chi connectivity index (χ4n) is 16.0. The summed E-state index contributed by atoms with van der Waals surface area (Å²) in [7, 11) is 0.265. The average Bonchev–Trinajstić information content (AvgIpc) is 3.85. The van der Waals surface area contributed by atoms with Crippen LogP contribution in [0.2, 0.25) is 0 Å². The van der Waals surface area contributed by atoms with Gasteiger partial charge in [0.2, 0.25) is 0 Å². The maximum atomic E-state index is 11.7. The van der Waals surface area contributed by atoms with Crippen molar-refractivity contribution in [3.8, 4) is 11.5 Å². The Morgan fingerprint density at radius 2 is 1.40 bits per heavy atom. The molecule has 14 heteroatoms. The van der Waals surface area contributed by atoms with Crippen molar-refractivity contribution in [1.82, 2.24) is 16.0 Å². The molecule has 3 spiro atoms. The molecule has 3 saturated heterocycles. The van der Waals surface area contributed by atoms with E-state index in [4.69, 9.17) is 9.47 Å². The van der Waals surface area contributed by atoms with Gasteiger partial charge in [-0.05, 0) is 133 Å². The summed E-state index contributed by atoms with van der Waals surface area (Å²) in [6.45, 7) is 10.0. The summed E-state index contributed by atoms with van der Waals surface area (Å²) in [6, 6.07) is 16.1. The zero-order valence-electron chi connectivity index (χ0n) is 38.3. The maximum Gasteiger partial charge on any atom is 0.196 e.